The molecule has 0 aliphatic heterocycles. The van der Waals surface area contributed by atoms with Crippen LogP contribution in [0.15, 0.2) is 78.9 Å². The molecule has 4 aromatic rings. The van der Waals surface area contributed by atoms with Gasteiger partial charge in [-0.15, -0.1) is 0 Å². The molecular formula is C25H26N4O. The van der Waals surface area contributed by atoms with Crippen LogP contribution >= 0.6 is 0 Å². The number of carbonyl (C=O) groups is 1. The molecule has 0 radical (unpaired) electrons. The first-order valence-electron chi connectivity index (χ1n) is 10.1. The molecule has 0 saturated heterocycles. The third-order valence-electron chi connectivity index (χ3n) is 5.42. The fourth-order valence-corrected chi connectivity index (χ4v) is 3.65. The van der Waals surface area contributed by atoms with Gasteiger partial charge in [0, 0.05) is 38.8 Å². The summed E-state index contributed by atoms with van der Waals surface area (Å²) in [4.78, 5) is 19.8. The molecule has 5 nitrogen and oxygen atoms in total. The Bertz CT molecular complexity index is 1150. The lowest BCUT2D eigenvalue weighted by atomic mass is 10.0. The van der Waals surface area contributed by atoms with Gasteiger partial charge >= 0.3 is 0 Å². The molecule has 0 fully saturated rings. The van der Waals surface area contributed by atoms with Crippen LogP contribution in [0.5, 0.6) is 0 Å². The first-order chi connectivity index (χ1) is 14.5. The van der Waals surface area contributed by atoms with Gasteiger partial charge in [-0.05, 0) is 42.0 Å². The molecule has 152 valence electrons. The van der Waals surface area contributed by atoms with Crippen LogP contribution in [0.4, 0.5) is 5.69 Å². The number of hydrogen-bond acceptors (Lipinski definition) is 3. The topological polar surface area (TPSA) is 50.2 Å². The van der Waals surface area contributed by atoms with Gasteiger partial charge in [0.25, 0.3) is 5.91 Å². The van der Waals surface area contributed by atoms with Crippen molar-refractivity contribution in [3.05, 3.63) is 95.8 Å². The van der Waals surface area contributed by atoms with Crippen LogP contribution in [-0.2, 0) is 13.5 Å². The number of hydrogen-bond donors (Lipinski definition) is 1. The van der Waals surface area contributed by atoms with E-state index in [2.05, 4.69) is 16.0 Å². The molecule has 0 saturated carbocycles. The van der Waals surface area contributed by atoms with E-state index >= 15 is 0 Å². The number of rotatable bonds is 6. The molecule has 4 rings (SSSR count). The molecule has 1 amide bonds. The zero-order valence-corrected chi connectivity index (χ0v) is 17.5. The van der Waals surface area contributed by atoms with Crippen molar-refractivity contribution in [2.75, 3.05) is 19.0 Å². The van der Waals surface area contributed by atoms with E-state index in [9.17, 15) is 4.79 Å². The Hall–Kier alpha value is -3.60. The van der Waals surface area contributed by atoms with E-state index in [0.717, 1.165) is 28.1 Å². The molecule has 0 spiro atoms. The average Bonchev–Trinajstić information content (AvgIpc) is 3.09. The van der Waals surface area contributed by atoms with Gasteiger partial charge < -0.3 is 14.8 Å². The number of anilines is 1. The predicted molar refractivity (Wildman–Crippen MR) is 122 cm³/mol. The van der Waals surface area contributed by atoms with E-state index in [4.69, 9.17) is 4.98 Å². The average molecular weight is 399 g/mol. The van der Waals surface area contributed by atoms with Crippen molar-refractivity contribution < 1.29 is 4.79 Å². The Morgan fingerprint density at radius 1 is 0.967 bits per heavy atom. The molecule has 1 unspecified atom stereocenters. The fraction of sp³-hybridized carbons (Fsp3) is 0.200. The Morgan fingerprint density at radius 2 is 1.63 bits per heavy atom. The highest BCUT2D eigenvalue weighted by molar-refractivity contribution is 5.94. The second-order valence-electron chi connectivity index (χ2n) is 7.66. The number of carbonyl (C=O) groups excluding carboxylic acids is 1. The number of imidazole rings is 1. The minimum atomic E-state index is -0.178. The normalized spacial score (nSPS) is 12.0. The Kier molecular flexibility index (Phi) is 5.53. The van der Waals surface area contributed by atoms with Gasteiger partial charge in [0.15, 0.2) is 0 Å². The smallest absolute Gasteiger partial charge is 0.251 e. The van der Waals surface area contributed by atoms with E-state index in [1.54, 1.807) is 0 Å². The Labute approximate surface area is 177 Å². The quantitative estimate of drug-likeness (QED) is 0.525. The summed E-state index contributed by atoms with van der Waals surface area (Å²) in [5.74, 6) is 0.848. The summed E-state index contributed by atoms with van der Waals surface area (Å²) in [7, 11) is 5.99. The molecule has 1 atom stereocenters. The van der Waals surface area contributed by atoms with Crippen LogP contribution in [0.2, 0.25) is 0 Å². The van der Waals surface area contributed by atoms with Crippen LogP contribution in [0.25, 0.3) is 11.0 Å². The van der Waals surface area contributed by atoms with Crippen LogP contribution in [0, 0.1) is 0 Å². The molecular weight excluding hydrogens is 372 g/mol. The summed E-state index contributed by atoms with van der Waals surface area (Å²) in [5.41, 5.74) is 4.82. The maximum absolute atomic E-state index is 13.0. The second-order valence-corrected chi connectivity index (χ2v) is 7.66. The predicted octanol–water partition coefficient (Wildman–Crippen LogP) is 4.35. The number of para-hydroxylation sites is 2. The lowest BCUT2D eigenvalue weighted by molar-refractivity contribution is 0.0936. The van der Waals surface area contributed by atoms with Crippen molar-refractivity contribution in [3.8, 4) is 0 Å². The monoisotopic (exact) mass is 398 g/mol. The number of aryl methyl sites for hydroxylation is 1. The molecule has 3 aromatic carbocycles. The van der Waals surface area contributed by atoms with Crippen molar-refractivity contribution in [1.82, 2.24) is 14.9 Å². The number of amides is 1. The highest BCUT2D eigenvalue weighted by atomic mass is 16.1. The van der Waals surface area contributed by atoms with Crippen molar-refractivity contribution >= 4 is 22.6 Å². The zero-order valence-electron chi connectivity index (χ0n) is 17.5. The van der Waals surface area contributed by atoms with Gasteiger partial charge in [0.05, 0.1) is 17.1 Å². The first-order valence-corrected chi connectivity index (χ1v) is 10.1. The van der Waals surface area contributed by atoms with Crippen molar-refractivity contribution in [2.45, 2.75) is 12.5 Å². The summed E-state index contributed by atoms with van der Waals surface area (Å²) in [6.07, 6.45) is 0.608. The largest absolute Gasteiger partial charge is 0.378 e. The van der Waals surface area contributed by atoms with Gasteiger partial charge in [-0.2, -0.15) is 0 Å². The van der Waals surface area contributed by atoms with Crippen LogP contribution in [0.3, 0.4) is 0 Å². The van der Waals surface area contributed by atoms with E-state index in [1.807, 2.05) is 98.8 Å². The number of aromatic nitrogens is 2. The minimum absolute atomic E-state index is 0.0899. The summed E-state index contributed by atoms with van der Waals surface area (Å²) < 4.78 is 2.10. The van der Waals surface area contributed by atoms with Gasteiger partial charge in [-0.25, -0.2) is 4.98 Å². The molecule has 5 heteroatoms. The SMILES string of the molecule is CN(C)c1ccc(C(=O)NC(Cc2nc3ccccc3n2C)c2ccccc2)cc1. The van der Waals surface area contributed by atoms with E-state index in [1.165, 1.54) is 0 Å². The third-order valence-corrected chi connectivity index (χ3v) is 5.42. The van der Waals surface area contributed by atoms with Gasteiger partial charge in [0.1, 0.15) is 5.82 Å². The van der Waals surface area contributed by atoms with Gasteiger partial charge in [-0.3, -0.25) is 4.79 Å². The summed E-state index contributed by atoms with van der Waals surface area (Å²) in [6, 6.07) is 25.6. The van der Waals surface area contributed by atoms with E-state index < -0.39 is 0 Å². The number of nitrogens with one attached hydrogen (secondary N) is 1. The molecule has 0 aliphatic carbocycles. The van der Waals surface area contributed by atoms with E-state index in [-0.39, 0.29) is 11.9 Å². The maximum atomic E-state index is 13.0. The highest BCUT2D eigenvalue weighted by Gasteiger charge is 2.19. The third kappa shape index (κ3) is 4.06. The van der Waals surface area contributed by atoms with Gasteiger partial charge in [-0.1, -0.05) is 42.5 Å². The fourth-order valence-electron chi connectivity index (χ4n) is 3.65. The Balaban J connectivity index is 1.61. The molecule has 1 N–H and O–H groups in total. The molecule has 0 aliphatic rings. The molecule has 1 aromatic heterocycles. The Morgan fingerprint density at radius 3 is 2.30 bits per heavy atom. The number of benzene rings is 3. The zero-order chi connectivity index (χ0) is 21.1. The lowest BCUT2D eigenvalue weighted by Gasteiger charge is -2.20. The first kappa shape index (κ1) is 19.7. The lowest BCUT2D eigenvalue weighted by Crippen LogP contribution is -2.30. The standard InChI is InChI=1S/C25H26N4O/c1-28(2)20-15-13-19(14-16-20)25(30)27-22(18-9-5-4-6-10-18)17-24-26-21-11-7-8-12-23(21)29(24)3/h4-16,22H,17H2,1-3H3,(H,27,30). The molecule has 30 heavy (non-hydrogen) atoms. The second kappa shape index (κ2) is 8.41. The summed E-state index contributed by atoms with van der Waals surface area (Å²) in [5, 5.41) is 3.21. The minimum Gasteiger partial charge on any atom is -0.378 e. The van der Waals surface area contributed by atoms with Crippen LogP contribution < -0.4 is 10.2 Å². The van der Waals surface area contributed by atoms with Crippen molar-refractivity contribution in [2.24, 2.45) is 7.05 Å². The van der Waals surface area contributed by atoms with Crippen LogP contribution in [0.1, 0.15) is 27.8 Å². The molecule has 1 heterocycles. The molecule has 0 bridgehead atoms. The number of nitrogens with zero attached hydrogens (tertiary/aromatic N) is 3. The number of fused-ring (bicyclic) bond motifs is 1. The summed E-state index contributed by atoms with van der Waals surface area (Å²) in [6.45, 7) is 0. The van der Waals surface area contributed by atoms with E-state index in [0.29, 0.717) is 12.0 Å². The summed E-state index contributed by atoms with van der Waals surface area (Å²) >= 11 is 0. The van der Waals surface area contributed by atoms with Crippen molar-refractivity contribution in [1.29, 1.82) is 0 Å². The van der Waals surface area contributed by atoms with Crippen LogP contribution in [-0.4, -0.2) is 29.6 Å². The van der Waals surface area contributed by atoms with Crippen molar-refractivity contribution in [3.63, 3.8) is 0 Å². The van der Waals surface area contributed by atoms with Gasteiger partial charge in [0.2, 0.25) is 0 Å². The highest BCUT2D eigenvalue weighted by Crippen LogP contribution is 2.22. The maximum Gasteiger partial charge on any atom is 0.251 e.